The first kappa shape index (κ1) is 23.3. The van der Waals surface area contributed by atoms with Crippen LogP contribution < -0.4 is 14.2 Å². The molecule has 178 valence electrons. The third-order valence-electron chi connectivity index (χ3n) is 6.62. The maximum absolute atomic E-state index is 13.4. The lowest BCUT2D eigenvalue weighted by molar-refractivity contribution is -0.142. The number of ether oxygens (including phenoxy) is 5. The molecule has 3 atom stereocenters. The van der Waals surface area contributed by atoms with Crippen LogP contribution in [0.15, 0.2) is 28.4 Å². The number of methoxy groups -OCH3 is 3. The van der Waals surface area contributed by atoms with Crippen molar-refractivity contribution in [1.82, 2.24) is 0 Å². The van der Waals surface area contributed by atoms with Gasteiger partial charge >= 0.3 is 5.97 Å². The minimum absolute atomic E-state index is 0.0683. The van der Waals surface area contributed by atoms with Crippen LogP contribution in [0.25, 0.3) is 0 Å². The normalized spacial score (nSPS) is 24.8. The van der Waals surface area contributed by atoms with E-state index < -0.39 is 17.8 Å². The summed E-state index contributed by atoms with van der Waals surface area (Å²) in [5.41, 5.74) is 2.42. The predicted octanol–water partition coefficient (Wildman–Crippen LogP) is 3.62. The van der Waals surface area contributed by atoms with Crippen LogP contribution in [0.1, 0.15) is 50.5 Å². The van der Waals surface area contributed by atoms with Gasteiger partial charge in [-0.3, -0.25) is 9.79 Å². The molecule has 1 saturated heterocycles. The maximum atomic E-state index is 13.4. The summed E-state index contributed by atoms with van der Waals surface area (Å²) in [5.74, 6) is -0.198. The van der Waals surface area contributed by atoms with Crippen LogP contribution in [0.2, 0.25) is 0 Å². The molecule has 1 aromatic carbocycles. The second-order valence-corrected chi connectivity index (χ2v) is 8.53. The summed E-state index contributed by atoms with van der Waals surface area (Å²) in [6.45, 7) is 2.66. The average molecular weight is 458 g/mol. The van der Waals surface area contributed by atoms with Crippen LogP contribution in [-0.2, 0) is 19.1 Å². The van der Waals surface area contributed by atoms with Crippen LogP contribution in [0, 0.1) is 5.92 Å². The maximum Gasteiger partial charge on any atom is 0.336 e. The molecule has 8 heteroatoms. The Morgan fingerprint density at radius 3 is 2.52 bits per heavy atom. The molecule has 0 N–H and O–H groups in total. The van der Waals surface area contributed by atoms with Crippen molar-refractivity contribution in [2.45, 2.75) is 51.0 Å². The molecule has 0 amide bonds. The van der Waals surface area contributed by atoms with Gasteiger partial charge in [-0.25, -0.2) is 4.79 Å². The lowest BCUT2D eigenvalue weighted by atomic mass is 9.69. The molecule has 0 spiro atoms. The van der Waals surface area contributed by atoms with Crippen molar-refractivity contribution in [2.75, 3.05) is 34.5 Å². The van der Waals surface area contributed by atoms with Gasteiger partial charge in [-0.05, 0) is 38.7 Å². The second kappa shape index (κ2) is 9.95. The number of fused-ring (bicyclic) bond motifs is 1. The quantitative estimate of drug-likeness (QED) is 0.578. The highest BCUT2D eigenvalue weighted by molar-refractivity contribution is 6.11. The van der Waals surface area contributed by atoms with Gasteiger partial charge in [0, 0.05) is 35.9 Å². The first-order chi connectivity index (χ1) is 16.0. The van der Waals surface area contributed by atoms with Gasteiger partial charge in [-0.2, -0.15) is 0 Å². The zero-order valence-corrected chi connectivity index (χ0v) is 19.6. The molecule has 2 heterocycles. The highest BCUT2D eigenvalue weighted by Gasteiger charge is 2.45. The third-order valence-corrected chi connectivity index (χ3v) is 6.62. The number of ketones is 1. The van der Waals surface area contributed by atoms with Crippen LogP contribution in [0.3, 0.4) is 0 Å². The minimum Gasteiger partial charge on any atom is -0.493 e. The van der Waals surface area contributed by atoms with E-state index in [-0.39, 0.29) is 18.5 Å². The van der Waals surface area contributed by atoms with E-state index in [4.69, 9.17) is 28.7 Å². The molecule has 1 aromatic rings. The largest absolute Gasteiger partial charge is 0.493 e. The van der Waals surface area contributed by atoms with Crippen LogP contribution in [-0.4, -0.2) is 58.1 Å². The fourth-order valence-corrected chi connectivity index (χ4v) is 5.11. The molecule has 0 radical (unpaired) electrons. The van der Waals surface area contributed by atoms with Crippen LogP contribution in [0.5, 0.6) is 17.2 Å². The van der Waals surface area contributed by atoms with E-state index in [1.165, 1.54) is 14.2 Å². The molecule has 4 rings (SSSR count). The van der Waals surface area contributed by atoms with E-state index in [1.54, 1.807) is 20.1 Å². The Morgan fingerprint density at radius 1 is 1.06 bits per heavy atom. The molecule has 8 nitrogen and oxygen atoms in total. The molecular formula is C25H31NO7. The highest BCUT2D eigenvalue weighted by atomic mass is 16.6. The fourth-order valence-electron chi connectivity index (χ4n) is 5.11. The molecule has 33 heavy (non-hydrogen) atoms. The van der Waals surface area contributed by atoms with Crippen molar-refractivity contribution in [2.24, 2.45) is 10.9 Å². The number of carbonyl (C=O) groups excluding carboxylic acids is 2. The number of aliphatic imine (C=N–C) groups is 1. The molecule has 2 fully saturated rings. The molecule has 3 aliphatic rings. The van der Waals surface area contributed by atoms with Gasteiger partial charge < -0.3 is 23.7 Å². The highest BCUT2D eigenvalue weighted by Crippen LogP contribution is 2.50. The van der Waals surface area contributed by atoms with E-state index in [2.05, 4.69) is 0 Å². The number of esters is 1. The Balaban J connectivity index is 1.80. The minimum atomic E-state index is -0.586. The van der Waals surface area contributed by atoms with Gasteiger partial charge in [0.2, 0.25) is 5.75 Å². The Labute approximate surface area is 193 Å². The Morgan fingerprint density at radius 2 is 1.85 bits per heavy atom. The van der Waals surface area contributed by atoms with Crippen LogP contribution in [0.4, 0.5) is 0 Å². The number of Topliss-reactive ketones (excluding diaryl/α,β-unsaturated/α-hetero) is 1. The summed E-state index contributed by atoms with van der Waals surface area (Å²) >= 11 is 0. The van der Waals surface area contributed by atoms with E-state index in [0.29, 0.717) is 47.1 Å². The summed E-state index contributed by atoms with van der Waals surface area (Å²) in [6, 6.07) is 3.59. The first-order valence-corrected chi connectivity index (χ1v) is 11.4. The second-order valence-electron chi connectivity index (χ2n) is 8.53. The van der Waals surface area contributed by atoms with Gasteiger partial charge in [-0.15, -0.1) is 0 Å². The van der Waals surface area contributed by atoms with Crippen molar-refractivity contribution in [3.8, 4) is 17.2 Å². The summed E-state index contributed by atoms with van der Waals surface area (Å²) in [6.07, 6.45) is 3.66. The zero-order chi connectivity index (χ0) is 23.5. The summed E-state index contributed by atoms with van der Waals surface area (Å²) in [4.78, 5) is 31.2. The zero-order valence-electron chi connectivity index (χ0n) is 19.6. The van der Waals surface area contributed by atoms with E-state index in [0.717, 1.165) is 31.4 Å². The number of nitrogens with zero attached hydrogens (tertiary/aromatic N) is 1. The van der Waals surface area contributed by atoms with Crippen LogP contribution >= 0.6 is 0 Å². The summed E-state index contributed by atoms with van der Waals surface area (Å²) < 4.78 is 28.0. The van der Waals surface area contributed by atoms with Crippen molar-refractivity contribution in [3.63, 3.8) is 0 Å². The summed E-state index contributed by atoms with van der Waals surface area (Å²) in [7, 11) is 4.61. The molecule has 2 aliphatic heterocycles. The molecular weight excluding hydrogens is 426 g/mol. The number of rotatable bonds is 7. The van der Waals surface area contributed by atoms with Gasteiger partial charge in [0.1, 0.15) is 12.4 Å². The predicted molar refractivity (Wildman–Crippen MR) is 121 cm³/mol. The molecule has 0 unspecified atom stereocenters. The van der Waals surface area contributed by atoms with Crippen molar-refractivity contribution >= 4 is 17.5 Å². The van der Waals surface area contributed by atoms with Gasteiger partial charge in [0.05, 0.1) is 38.9 Å². The Kier molecular flexibility index (Phi) is 7.02. The van der Waals surface area contributed by atoms with Crippen molar-refractivity contribution in [3.05, 3.63) is 29.0 Å². The van der Waals surface area contributed by atoms with Crippen molar-refractivity contribution < 1.29 is 33.3 Å². The molecule has 0 bridgehead atoms. The third kappa shape index (κ3) is 4.36. The molecule has 1 aliphatic carbocycles. The van der Waals surface area contributed by atoms with E-state index in [9.17, 15) is 9.59 Å². The number of benzene rings is 1. The Hall–Kier alpha value is -2.87. The SMILES string of the molecule is COc1ccc([C@@H]2C(C(=O)OC[C@H]3CCCO3)=C(C)N=C3CCCC(=O)[C@H]32)c(OC)c1OC. The first-order valence-electron chi connectivity index (χ1n) is 11.4. The average Bonchev–Trinajstić information content (AvgIpc) is 3.34. The summed E-state index contributed by atoms with van der Waals surface area (Å²) in [5, 5.41) is 0. The van der Waals surface area contributed by atoms with Gasteiger partial charge in [0.15, 0.2) is 11.5 Å². The molecule has 1 saturated carbocycles. The smallest absolute Gasteiger partial charge is 0.336 e. The molecule has 0 aromatic heterocycles. The van der Waals surface area contributed by atoms with Gasteiger partial charge in [-0.1, -0.05) is 6.07 Å². The van der Waals surface area contributed by atoms with E-state index in [1.807, 2.05) is 6.07 Å². The number of hydrogen-bond donors (Lipinski definition) is 0. The lowest BCUT2D eigenvalue weighted by Gasteiger charge is -2.36. The number of hydrogen-bond acceptors (Lipinski definition) is 8. The standard InChI is InChI=1S/C25H31NO7/c1-14-20(25(28)33-13-15-7-6-12-32-15)21(22-17(26-14)8-5-9-18(22)27)16-10-11-19(29-2)24(31-4)23(16)30-3/h10-11,15,21-22H,5-9,12-13H2,1-4H3/t15-,21-,22+/m1/s1. The number of carbonyl (C=O) groups is 2. The van der Waals surface area contributed by atoms with E-state index >= 15 is 0 Å². The Bertz CT molecular complexity index is 991. The number of allylic oxidation sites excluding steroid dienone is 1. The topological polar surface area (TPSA) is 92.7 Å². The lowest BCUT2D eigenvalue weighted by Crippen LogP contribution is -2.39. The fraction of sp³-hybridized carbons (Fsp3) is 0.560. The monoisotopic (exact) mass is 457 g/mol. The van der Waals surface area contributed by atoms with Crippen molar-refractivity contribution in [1.29, 1.82) is 0 Å². The van der Waals surface area contributed by atoms with Gasteiger partial charge in [0.25, 0.3) is 0 Å².